The van der Waals surface area contributed by atoms with Gasteiger partial charge >= 0.3 is 5.97 Å². The van der Waals surface area contributed by atoms with Gasteiger partial charge in [-0.15, -0.1) is 0 Å². The first-order chi connectivity index (χ1) is 16.2. The maximum atomic E-state index is 11.1. The van der Waals surface area contributed by atoms with Crippen LogP contribution in [0.1, 0.15) is 69.4 Å². The summed E-state index contributed by atoms with van der Waals surface area (Å²) in [6.07, 6.45) is 10.2. The number of rotatable bonds is 23. The summed E-state index contributed by atoms with van der Waals surface area (Å²) in [6, 6.07) is 5.93. The molecule has 0 radical (unpaired) electrons. The normalized spacial score (nSPS) is 11.1. The number of hydrogen-bond donors (Lipinski definition) is 2. The average Bonchev–Trinajstić information content (AvgIpc) is 2.81. The van der Waals surface area contributed by atoms with Crippen molar-refractivity contribution in [3.63, 3.8) is 0 Å². The van der Waals surface area contributed by atoms with Crippen LogP contribution in [0, 0.1) is 0 Å². The lowest BCUT2D eigenvalue weighted by atomic mass is 9.96. The molecule has 1 rings (SSSR count). The van der Waals surface area contributed by atoms with Gasteiger partial charge in [0.15, 0.2) is 0 Å². The molecule has 0 aliphatic heterocycles. The molecule has 0 aliphatic rings. The monoisotopic (exact) mass is 468 g/mol. The lowest BCUT2D eigenvalue weighted by Crippen LogP contribution is -2.14. The Morgan fingerprint density at radius 2 is 1.39 bits per heavy atom. The van der Waals surface area contributed by atoms with E-state index in [1.54, 1.807) is 0 Å². The van der Waals surface area contributed by atoms with E-state index >= 15 is 0 Å². The van der Waals surface area contributed by atoms with E-state index in [1.807, 2.05) is 18.2 Å². The van der Waals surface area contributed by atoms with Gasteiger partial charge in [0.05, 0.1) is 46.2 Å². The van der Waals surface area contributed by atoms with E-state index < -0.39 is 5.97 Å². The van der Waals surface area contributed by atoms with Gasteiger partial charge in [-0.2, -0.15) is 0 Å². The second-order valence-electron chi connectivity index (χ2n) is 8.07. The Labute approximate surface area is 199 Å². The quantitative estimate of drug-likeness (QED) is 0.230. The van der Waals surface area contributed by atoms with Gasteiger partial charge in [0.1, 0.15) is 12.4 Å². The summed E-state index contributed by atoms with van der Waals surface area (Å²) in [6.45, 7) is 5.37. The topological polar surface area (TPSA) is 94.5 Å². The van der Waals surface area contributed by atoms with Crippen LogP contribution < -0.4 is 4.74 Å². The third-order valence-electron chi connectivity index (χ3n) is 5.33. The first kappa shape index (κ1) is 29.4. The van der Waals surface area contributed by atoms with E-state index in [9.17, 15) is 4.79 Å². The number of carboxylic acid groups (broad SMARTS) is 1. The summed E-state index contributed by atoms with van der Waals surface area (Å²) in [7, 11) is 0. The summed E-state index contributed by atoms with van der Waals surface area (Å²) in [5, 5.41) is 17.7. The molecule has 0 aromatic heterocycles. The van der Waals surface area contributed by atoms with Crippen LogP contribution in [0.4, 0.5) is 0 Å². The van der Waals surface area contributed by atoms with Crippen molar-refractivity contribution in [1.29, 1.82) is 0 Å². The van der Waals surface area contributed by atoms with Crippen LogP contribution in [-0.4, -0.2) is 69.0 Å². The van der Waals surface area contributed by atoms with Crippen molar-refractivity contribution in [3.05, 3.63) is 29.3 Å². The van der Waals surface area contributed by atoms with E-state index in [2.05, 4.69) is 6.92 Å². The number of aryl methyl sites for hydroxylation is 1. The largest absolute Gasteiger partial charge is 0.491 e. The number of aliphatic hydroxyl groups is 1. The Morgan fingerprint density at radius 3 is 2.03 bits per heavy atom. The fourth-order valence-corrected chi connectivity index (χ4v) is 3.58. The highest BCUT2D eigenvalue weighted by Gasteiger charge is 2.11. The molecular formula is C26H44O7. The van der Waals surface area contributed by atoms with Crippen LogP contribution in [-0.2, 0) is 31.8 Å². The van der Waals surface area contributed by atoms with Crippen LogP contribution in [0.15, 0.2) is 18.2 Å². The smallest absolute Gasteiger partial charge is 0.303 e. The minimum atomic E-state index is -0.779. The highest BCUT2D eigenvalue weighted by molar-refractivity contribution is 5.67. The Kier molecular flexibility index (Phi) is 18.6. The summed E-state index contributed by atoms with van der Waals surface area (Å²) < 4.78 is 22.1. The molecule has 0 saturated heterocycles. The molecule has 33 heavy (non-hydrogen) atoms. The van der Waals surface area contributed by atoms with Gasteiger partial charge in [0.2, 0.25) is 0 Å². The van der Waals surface area contributed by atoms with Gasteiger partial charge in [-0.1, -0.05) is 57.6 Å². The van der Waals surface area contributed by atoms with Crippen molar-refractivity contribution < 1.29 is 34.0 Å². The number of hydrogen-bond acceptors (Lipinski definition) is 6. The lowest BCUT2D eigenvalue weighted by Gasteiger charge is -2.16. The zero-order valence-electron chi connectivity index (χ0n) is 20.4. The van der Waals surface area contributed by atoms with E-state index in [0.717, 1.165) is 29.7 Å². The SMILES string of the molecule is CCCCCCCCCc1c(CCC(=O)O)cccc1OCCOCCOCCOCCO. The van der Waals surface area contributed by atoms with Gasteiger partial charge < -0.3 is 29.2 Å². The van der Waals surface area contributed by atoms with E-state index in [4.69, 9.17) is 29.2 Å². The molecule has 2 N–H and O–H groups in total. The Balaban J connectivity index is 2.39. The molecule has 0 bridgehead atoms. The van der Waals surface area contributed by atoms with Gasteiger partial charge in [0.25, 0.3) is 0 Å². The van der Waals surface area contributed by atoms with Crippen LogP contribution in [0.3, 0.4) is 0 Å². The summed E-state index contributed by atoms with van der Waals surface area (Å²) in [5.41, 5.74) is 2.21. The molecule has 7 nitrogen and oxygen atoms in total. The molecule has 0 heterocycles. The van der Waals surface area contributed by atoms with Crippen molar-refractivity contribution >= 4 is 5.97 Å². The zero-order chi connectivity index (χ0) is 24.0. The maximum absolute atomic E-state index is 11.1. The molecule has 1 aromatic carbocycles. The number of aliphatic hydroxyl groups excluding tert-OH is 1. The standard InChI is InChI=1S/C26H44O7/c1-2-3-4-5-6-7-8-11-24-23(13-14-26(28)29)10-9-12-25(24)33-22-21-32-20-19-31-18-17-30-16-15-27/h9-10,12,27H,2-8,11,13-22H2,1H3,(H,28,29). The van der Waals surface area contributed by atoms with Crippen molar-refractivity contribution in [2.24, 2.45) is 0 Å². The predicted molar refractivity (Wildman–Crippen MR) is 129 cm³/mol. The van der Waals surface area contributed by atoms with E-state index in [0.29, 0.717) is 52.7 Å². The number of benzene rings is 1. The minimum absolute atomic E-state index is 0.0202. The van der Waals surface area contributed by atoms with Crippen LogP contribution in [0.5, 0.6) is 5.75 Å². The first-order valence-corrected chi connectivity index (χ1v) is 12.5. The Hall–Kier alpha value is -1.67. The number of carboxylic acids is 1. The Morgan fingerprint density at radius 1 is 0.788 bits per heavy atom. The van der Waals surface area contributed by atoms with Crippen molar-refractivity contribution in [3.8, 4) is 5.75 Å². The average molecular weight is 469 g/mol. The molecule has 0 spiro atoms. The number of carbonyl (C=O) groups is 1. The van der Waals surface area contributed by atoms with Crippen molar-refractivity contribution in [1.82, 2.24) is 0 Å². The molecule has 1 aromatic rings. The van der Waals surface area contributed by atoms with Crippen molar-refractivity contribution in [2.45, 2.75) is 71.1 Å². The molecule has 0 unspecified atom stereocenters. The zero-order valence-corrected chi connectivity index (χ0v) is 20.4. The minimum Gasteiger partial charge on any atom is -0.491 e. The molecule has 0 fully saturated rings. The van der Waals surface area contributed by atoms with Crippen LogP contribution in [0.25, 0.3) is 0 Å². The highest BCUT2D eigenvalue weighted by Crippen LogP contribution is 2.26. The molecule has 7 heteroatoms. The first-order valence-electron chi connectivity index (χ1n) is 12.5. The van der Waals surface area contributed by atoms with Crippen molar-refractivity contribution in [2.75, 3.05) is 52.9 Å². The molecule has 0 saturated carbocycles. The number of unbranched alkanes of at least 4 members (excludes halogenated alkanes) is 6. The summed E-state index contributed by atoms with van der Waals surface area (Å²) in [5.74, 6) is 0.0588. The van der Waals surface area contributed by atoms with Gasteiger partial charge in [-0.3, -0.25) is 4.79 Å². The summed E-state index contributed by atoms with van der Waals surface area (Å²) >= 11 is 0. The second-order valence-corrected chi connectivity index (χ2v) is 8.07. The Bertz CT molecular complexity index is 606. The third kappa shape index (κ3) is 15.7. The number of aliphatic carboxylic acids is 1. The third-order valence-corrected chi connectivity index (χ3v) is 5.33. The second kappa shape index (κ2) is 20.9. The van der Waals surface area contributed by atoms with Crippen LogP contribution >= 0.6 is 0 Å². The number of ether oxygens (including phenoxy) is 4. The predicted octanol–water partition coefficient (Wildman–Crippen LogP) is 4.42. The molecule has 0 atom stereocenters. The summed E-state index contributed by atoms with van der Waals surface area (Å²) in [4.78, 5) is 11.1. The van der Waals surface area contributed by atoms with Crippen LogP contribution in [0.2, 0.25) is 0 Å². The van der Waals surface area contributed by atoms with Gasteiger partial charge in [-0.05, 0) is 36.5 Å². The van der Waals surface area contributed by atoms with Gasteiger partial charge in [-0.25, -0.2) is 0 Å². The molecular weight excluding hydrogens is 424 g/mol. The maximum Gasteiger partial charge on any atom is 0.303 e. The van der Waals surface area contributed by atoms with E-state index in [-0.39, 0.29) is 13.0 Å². The molecule has 190 valence electrons. The molecule has 0 amide bonds. The van der Waals surface area contributed by atoms with E-state index in [1.165, 1.54) is 38.5 Å². The van der Waals surface area contributed by atoms with Gasteiger partial charge in [0, 0.05) is 6.42 Å². The molecule has 0 aliphatic carbocycles. The fraction of sp³-hybridized carbons (Fsp3) is 0.731. The highest BCUT2D eigenvalue weighted by atomic mass is 16.6. The fourth-order valence-electron chi connectivity index (χ4n) is 3.58. The lowest BCUT2D eigenvalue weighted by molar-refractivity contribution is -0.136.